The maximum atomic E-state index is 12.0. The fourth-order valence-corrected chi connectivity index (χ4v) is 3.11. The molecule has 8 heteroatoms. The van der Waals surface area contributed by atoms with E-state index in [1.165, 1.54) is 0 Å². The number of nitrogens with one attached hydrogen (secondary N) is 2. The molecular formula is C19H28N6O2. The molecule has 3 amide bonds. The summed E-state index contributed by atoms with van der Waals surface area (Å²) in [7, 11) is 0. The molecule has 3 heterocycles. The van der Waals surface area contributed by atoms with Gasteiger partial charge in [-0.15, -0.1) is 0 Å². The monoisotopic (exact) mass is 372 g/mol. The third-order valence-electron chi connectivity index (χ3n) is 4.56. The van der Waals surface area contributed by atoms with Crippen LogP contribution in [-0.2, 0) is 11.3 Å². The smallest absolute Gasteiger partial charge is 0.321 e. The molecule has 2 aromatic heterocycles. The highest BCUT2D eigenvalue weighted by molar-refractivity contribution is 5.95. The molecule has 2 aromatic rings. The Labute approximate surface area is 159 Å². The van der Waals surface area contributed by atoms with Crippen molar-refractivity contribution in [3.63, 3.8) is 0 Å². The lowest BCUT2D eigenvalue weighted by Gasteiger charge is -2.33. The van der Waals surface area contributed by atoms with Crippen LogP contribution in [0.25, 0.3) is 5.65 Å². The highest BCUT2D eigenvalue weighted by Crippen LogP contribution is 2.10. The van der Waals surface area contributed by atoms with Crippen molar-refractivity contribution in [2.75, 3.05) is 39.3 Å². The van der Waals surface area contributed by atoms with Crippen molar-refractivity contribution in [2.24, 2.45) is 5.92 Å². The minimum absolute atomic E-state index is 0.247. The van der Waals surface area contributed by atoms with E-state index in [0.717, 1.165) is 44.1 Å². The topological polar surface area (TPSA) is 82.0 Å². The Bertz CT molecular complexity index is 746. The minimum Gasteiger partial charge on any atom is -0.338 e. The Balaban J connectivity index is 1.39. The first-order valence-electron chi connectivity index (χ1n) is 9.44. The van der Waals surface area contributed by atoms with E-state index in [0.29, 0.717) is 12.5 Å². The average molecular weight is 372 g/mol. The van der Waals surface area contributed by atoms with Crippen LogP contribution < -0.4 is 10.6 Å². The van der Waals surface area contributed by atoms with E-state index in [1.54, 1.807) is 0 Å². The molecule has 1 saturated heterocycles. The summed E-state index contributed by atoms with van der Waals surface area (Å²) in [5.74, 6) is 0.0943. The lowest BCUT2D eigenvalue weighted by molar-refractivity contribution is -0.121. The van der Waals surface area contributed by atoms with Crippen LogP contribution in [-0.4, -0.2) is 70.4 Å². The molecule has 1 fully saturated rings. The molecule has 27 heavy (non-hydrogen) atoms. The van der Waals surface area contributed by atoms with Crippen LogP contribution in [0.4, 0.5) is 4.79 Å². The van der Waals surface area contributed by atoms with Gasteiger partial charge < -0.3 is 9.72 Å². The van der Waals surface area contributed by atoms with Gasteiger partial charge in [0.2, 0.25) is 5.91 Å². The number of nitrogens with zero attached hydrogens (tertiary/aromatic N) is 4. The van der Waals surface area contributed by atoms with E-state index in [-0.39, 0.29) is 12.5 Å². The summed E-state index contributed by atoms with van der Waals surface area (Å²) in [6.45, 7) is 8.98. The molecule has 1 aliphatic heterocycles. The zero-order valence-electron chi connectivity index (χ0n) is 16.0. The number of rotatable bonds is 6. The standard InChI is InChI=1S/C19H28N6O2/c1-15(2)11-20-19(27)22-18(26)14-24-9-7-23(8-10-24)12-16-13-25-6-4-3-5-17(25)21-16/h3-6,13,15H,7-12,14H2,1-2H3,(H2,20,22,26,27). The van der Waals surface area contributed by atoms with E-state index in [9.17, 15) is 9.59 Å². The first-order valence-corrected chi connectivity index (χ1v) is 9.44. The van der Waals surface area contributed by atoms with Gasteiger partial charge in [-0.3, -0.25) is 19.9 Å². The van der Waals surface area contributed by atoms with Gasteiger partial charge in [0.1, 0.15) is 5.65 Å². The SMILES string of the molecule is CC(C)CNC(=O)NC(=O)CN1CCN(Cc2cn3ccccc3n2)CC1. The molecule has 1 aliphatic rings. The van der Waals surface area contributed by atoms with Gasteiger partial charge >= 0.3 is 6.03 Å². The minimum atomic E-state index is -0.417. The number of hydrogen-bond donors (Lipinski definition) is 2. The van der Waals surface area contributed by atoms with E-state index in [1.807, 2.05) is 42.6 Å². The van der Waals surface area contributed by atoms with Crippen molar-refractivity contribution in [3.05, 3.63) is 36.3 Å². The summed E-state index contributed by atoms with van der Waals surface area (Å²) < 4.78 is 2.03. The van der Waals surface area contributed by atoms with Crippen molar-refractivity contribution in [1.82, 2.24) is 29.8 Å². The van der Waals surface area contributed by atoms with Crippen LogP contribution >= 0.6 is 0 Å². The van der Waals surface area contributed by atoms with Gasteiger partial charge in [0.05, 0.1) is 12.2 Å². The van der Waals surface area contributed by atoms with Crippen molar-refractivity contribution in [2.45, 2.75) is 20.4 Å². The Hall–Kier alpha value is -2.45. The van der Waals surface area contributed by atoms with Gasteiger partial charge in [-0.2, -0.15) is 0 Å². The Morgan fingerprint density at radius 2 is 1.89 bits per heavy atom. The summed E-state index contributed by atoms with van der Waals surface area (Å²) in [5.41, 5.74) is 2.01. The Morgan fingerprint density at radius 1 is 1.15 bits per heavy atom. The van der Waals surface area contributed by atoms with Crippen LogP contribution in [0.15, 0.2) is 30.6 Å². The van der Waals surface area contributed by atoms with Crippen molar-refractivity contribution in [1.29, 1.82) is 0 Å². The van der Waals surface area contributed by atoms with Crippen LogP contribution in [0.3, 0.4) is 0 Å². The lowest BCUT2D eigenvalue weighted by atomic mass is 10.2. The number of carbonyl (C=O) groups excluding carboxylic acids is 2. The van der Waals surface area contributed by atoms with Gasteiger partial charge in [0.15, 0.2) is 0 Å². The molecule has 2 N–H and O–H groups in total. The number of aromatic nitrogens is 2. The maximum Gasteiger partial charge on any atom is 0.321 e. The summed E-state index contributed by atoms with van der Waals surface area (Å²) >= 11 is 0. The first kappa shape index (κ1) is 19.3. The predicted octanol–water partition coefficient (Wildman–Crippen LogP) is 0.934. The average Bonchev–Trinajstić information content (AvgIpc) is 3.04. The number of piperazine rings is 1. The number of carbonyl (C=O) groups is 2. The molecule has 0 bridgehead atoms. The van der Waals surface area contributed by atoms with Gasteiger partial charge in [0, 0.05) is 51.7 Å². The van der Waals surface area contributed by atoms with Crippen molar-refractivity contribution >= 4 is 17.6 Å². The lowest BCUT2D eigenvalue weighted by Crippen LogP contribution is -2.51. The Kier molecular flexibility index (Phi) is 6.41. The van der Waals surface area contributed by atoms with E-state index < -0.39 is 6.03 Å². The van der Waals surface area contributed by atoms with Gasteiger partial charge in [0.25, 0.3) is 0 Å². The maximum absolute atomic E-state index is 12.0. The van der Waals surface area contributed by atoms with Crippen molar-refractivity contribution in [3.8, 4) is 0 Å². The number of amides is 3. The largest absolute Gasteiger partial charge is 0.338 e. The molecule has 0 spiro atoms. The predicted molar refractivity (Wildman–Crippen MR) is 103 cm³/mol. The van der Waals surface area contributed by atoms with Crippen LogP contribution in [0.5, 0.6) is 0 Å². The Morgan fingerprint density at radius 3 is 2.59 bits per heavy atom. The first-order chi connectivity index (χ1) is 13.0. The fourth-order valence-electron chi connectivity index (χ4n) is 3.11. The molecule has 0 radical (unpaired) electrons. The number of imide groups is 1. The number of fused-ring (bicyclic) bond motifs is 1. The molecule has 0 atom stereocenters. The highest BCUT2D eigenvalue weighted by Gasteiger charge is 2.20. The summed E-state index contributed by atoms with van der Waals surface area (Å²) in [4.78, 5) is 32.7. The molecule has 0 aromatic carbocycles. The second-order valence-electron chi connectivity index (χ2n) is 7.40. The van der Waals surface area contributed by atoms with E-state index >= 15 is 0 Å². The summed E-state index contributed by atoms with van der Waals surface area (Å²) in [5, 5.41) is 5.08. The van der Waals surface area contributed by atoms with E-state index in [2.05, 4.69) is 31.6 Å². The van der Waals surface area contributed by atoms with Crippen LogP contribution in [0.2, 0.25) is 0 Å². The molecule has 0 unspecified atom stereocenters. The summed E-state index contributed by atoms with van der Waals surface area (Å²) in [6, 6.07) is 5.56. The molecule has 0 saturated carbocycles. The molecule has 146 valence electrons. The highest BCUT2D eigenvalue weighted by atomic mass is 16.2. The molecule has 8 nitrogen and oxygen atoms in total. The third kappa shape index (κ3) is 5.77. The van der Waals surface area contributed by atoms with E-state index in [4.69, 9.17) is 0 Å². The summed E-state index contributed by atoms with van der Waals surface area (Å²) in [6.07, 6.45) is 4.06. The number of hydrogen-bond acceptors (Lipinski definition) is 5. The van der Waals surface area contributed by atoms with Crippen LogP contribution in [0, 0.1) is 5.92 Å². The van der Waals surface area contributed by atoms with Crippen molar-refractivity contribution < 1.29 is 9.59 Å². The molecule has 3 rings (SSSR count). The van der Waals surface area contributed by atoms with Crippen LogP contribution in [0.1, 0.15) is 19.5 Å². The second kappa shape index (κ2) is 8.96. The van der Waals surface area contributed by atoms with Gasteiger partial charge in [-0.1, -0.05) is 19.9 Å². The molecule has 0 aliphatic carbocycles. The van der Waals surface area contributed by atoms with Gasteiger partial charge in [-0.25, -0.2) is 9.78 Å². The quantitative estimate of drug-likeness (QED) is 0.789. The number of pyridine rings is 1. The third-order valence-corrected chi connectivity index (χ3v) is 4.56. The second-order valence-corrected chi connectivity index (χ2v) is 7.40. The van der Waals surface area contributed by atoms with Gasteiger partial charge in [-0.05, 0) is 18.1 Å². The normalized spacial score (nSPS) is 16.0. The number of imidazole rings is 1. The molecular weight excluding hydrogens is 344 g/mol. The number of urea groups is 1. The fraction of sp³-hybridized carbons (Fsp3) is 0.526. The zero-order valence-corrected chi connectivity index (χ0v) is 16.0. The zero-order chi connectivity index (χ0) is 19.2.